The van der Waals surface area contributed by atoms with Gasteiger partial charge >= 0.3 is 11.9 Å². The predicted molar refractivity (Wildman–Crippen MR) is 149 cm³/mol. The van der Waals surface area contributed by atoms with E-state index in [0.29, 0.717) is 11.3 Å². The monoisotopic (exact) mass is 607 g/mol. The average molecular weight is 608 g/mol. The van der Waals surface area contributed by atoms with Crippen molar-refractivity contribution < 1.29 is 38.8 Å². The summed E-state index contributed by atoms with van der Waals surface area (Å²) in [6.07, 6.45) is 3.73. The smallest absolute Gasteiger partial charge is 0.352 e. The maximum atomic E-state index is 13.2. The molecular formula is C24H27N6O7S3+. The van der Waals surface area contributed by atoms with Crippen molar-refractivity contribution in [1.29, 1.82) is 0 Å². The number of nitrogens with zero attached hydrogens (tertiary/aromatic N) is 4. The number of β-lactam (4-membered cyclic amide) rings is 1. The lowest BCUT2D eigenvalue weighted by Crippen LogP contribution is -2.71. The first-order valence-corrected chi connectivity index (χ1v) is 14.9. The van der Waals surface area contributed by atoms with Gasteiger partial charge in [0, 0.05) is 33.7 Å². The zero-order chi connectivity index (χ0) is 29.2. The number of thiazole rings is 1. The van der Waals surface area contributed by atoms with E-state index >= 15 is 0 Å². The minimum Gasteiger partial charge on any atom is -0.478 e. The molecule has 1 saturated heterocycles. The Bertz CT molecular complexity index is 1410. The molecule has 16 heteroatoms. The number of anilines is 1. The number of thioether (sulfide) groups is 2. The minimum atomic E-state index is -1.75. The van der Waals surface area contributed by atoms with Gasteiger partial charge in [-0.3, -0.25) is 14.5 Å². The van der Waals surface area contributed by atoms with Gasteiger partial charge in [0.15, 0.2) is 29.8 Å². The molecule has 40 heavy (non-hydrogen) atoms. The fourth-order valence-corrected chi connectivity index (χ4v) is 6.38. The van der Waals surface area contributed by atoms with Crippen LogP contribution >= 0.6 is 34.9 Å². The van der Waals surface area contributed by atoms with Gasteiger partial charge in [-0.2, -0.15) is 0 Å². The third-order valence-corrected chi connectivity index (χ3v) is 8.85. The topological polar surface area (TPSA) is 188 Å². The highest BCUT2D eigenvalue weighted by Crippen LogP contribution is 2.40. The SMILES string of the molecule is CCSc1cc[n+](CC2=C(C(=O)O)N3C(=O)C(NC(=O)/C(=N\OC(C)(C)C(=O)O)c4csc(N)n4)C3SC2)cc1. The molecule has 0 aliphatic carbocycles. The van der Waals surface area contributed by atoms with E-state index in [9.17, 15) is 29.4 Å². The summed E-state index contributed by atoms with van der Waals surface area (Å²) in [7, 11) is 0. The summed E-state index contributed by atoms with van der Waals surface area (Å²) in [6.45, 7) is 4.85. The molecule has 0 aromatic carbocycles. The van der Waals surface area contributed by atoms with Crippen molar-refractivity contribution in [2.75, 3.05) is 17.2 Å². The average Bonchev–Trinajstić information content (AvgIpc) is 3.33. The predicted octanol–water partition coefficient (Wildman–Crippen LogP) is 1.15. The Morgan fingerprint density at radius 3 is 2.60 bits per heavy atom. The number of carbonyl (C=O) groups excluding carboxylic acids is 2. The highest BCUT2D eigenvalue weighted by Gasteiger charge is 2.55. The molecule has 4 heterocycles. The van der Waals surface area contributed by atoms with Crippen LogP contribution in [0.4, 0.5) is 5.13 Å². The summed E-state index contributed by atoms with van der Waals surface area (Å²) in [5.74, 6) is -2.72. The molecule has 0 saturated carbocycles. The Morgan fingerprint density at radius 1 is 1.32 bits per heavy atom. The van der Waals surface area contributed by atoms with Crippen LogP contribution in [0.25, 0.3) is 0 Å². The second kappa shape index (κ2) is 11.9. The van der Waals surface area contributed by atoms with E-state index in [1.54, 1.807) is 11.8 Å². The maximum absolute atomic E-state index is 13.2. The number of nitrogens with two attached hydrogens (primary N) is 1. The summed E-state index contributed by atoms with van der Waals surface area (Å²) in [6, 6.07) is 2.86. The number of pyridine rings is 1. The van der Waals surface area contributed by atoms with Crippen molar-refractivity contribution in [3.05, 3.63) is 46.9 Å². The van der Waals surface area contributed by atoms with Crippen LogP contribution < -0.4 is 15.6 Å². The normalized spacial score (nSPS) is 19.1. The zero-order valence-corrected chi connectivity index (χ0v) is 24.1. The van der Waals surface area contributed by atoms with Crippen molar-refractivity contribution in [3.8, 4) is 0 Å². The first-order valence-electron chi connectivity index (χ1n) is 12.0. The van der Waals surface area contributed by atoms with Crippen LogP contribution in [0, 0.1) is 0 Å². The summed E-state index contributed by atoms with van der Waals surface area (Å²) in [5.41, 5.74) is 4.06. The van der Waals surface area contributed by atoms with Gasteiger partial charge in [0.2, 0.25) is 5.60 Å². The standard InChI is InChI=1S/C24H26N6O7S3/c1-4-38-13-5-7-29(8-6-13)9-12-10-39-20-16(19(32)30(20)17(12)21(33)34)27-18(31)15(14-11-40-23(25)26-14)28-37-24(2,3)22(35)36/h5-8,11,16,20H,4,9-10H2,1-3H3,(H4-,25,26,27,31,33,34,35,36)/p+1/b28-15-. The molecule has 2 aromatic rings. The van der Waals surface area contributed by atoms with Gasteiger partial charge in [0.1, 0.15) is 22.8 Å². The van der Waals surface area contributed by atoms with Crippen LogP contribution in [0.2, 0.25) is 0 Å². The molecule has 0 bridgehead atoms. The molecule has 2 amide bonds. The lowest BCUT2D eigenvalue weighted by atomic mass is 10.0. The molecule has 212 valence electrons. The number of amides is 2. The first kappa shape index (κ1) is 29.4. The molecule has 2 atom stereocenters. The number of carboxylic acid groups (broad SMARTS) is 2. The highest BCUT2D eigenvalue weighted by molar-refractivity contribution is 8.00. The molecule has 2 aliphatic heterocycles. The van der Waals surface area contributed by atoms with Crippen LogP contribution in [0.15, 0.2) is 51.2 Å². The second-order valence-electron chi connectivity index (χ2n) is 9.18. The minimum absolute atomic E-state index is 0.0369. The van der Waals surface area contributed by atoms with Gasteiger partial charge in [0.25, 0.3) is 11.8 Å². The largest absolute Gasteiger partial charge is 0.478 e. The molecule has 2 aromatic heterocycles. The van der Waals surface area contributed by atoms with E-state index in [4.69, 9.17) is 10.6 Å². The second-order valence-corrected chi connectivity index (χ2v) is 12.5. The Hall–Kier alpha value is -3.63. The van der Waals surface area contributed by atoms with Crippen LogP contribution in [0.5, 0.6) is 0 Å². The number of hydrogen-bond acceptors (Lipinski definition) is 11. The van der Waals surface area contributed by atoms with Gasteiger partial charge in [-0.1, -0.05) is 12.1 Å². The Morgan fingerprint density at radius 2 is 2.02 bits per heavy atom. The summed E-state index contributed by atoms with van der Waals surface area (Å²) in [5, 5.41) is 26.5. The van der Waals surface area contributed by atoms with E-state index in [1.807, 2.05) is 29.1 Å². The highest BCUT2D eigenvalue weighted by atomic mass is 32.2. The number of carbonyl (C=O) groups is 4. The van der Waals surface area contributed by atoms with Crippen molar-refractivity contribution >= 4 is 69.5 Å². The third kappa shape index (κ3) is 6.08. The van der Waals surface area contributed by atoms with Crippen molar-refractivity contribution in [3.63, 3.8) is 0 Å². The Labute approximate surface area is 241 Å². The molecule has 5 N–H and O–H groups in total. The lowest BCUT2D eigenvalue weighted by Gasteiger charge is -2.49. The molecule has 0 spiro atoms. The number of rotatable bonds is 11. The summed E-state index contributed by atoms with van der Waals surface area (Å²) >= 11 is 4.06. The third-order valence-electron chi connectivity index (χ3n) is 5.94. The fourth-order valence-electron chi connectivity index (χ4n) is 3.85. The number of oxime groups is 1. The maximum Gasteiger partial charge on any atom is 0.352 e. The first-order chi connectivity index (χ1) is 18.9. The van der Waals surface area contributed by atoms with E-state index < -0.39 is 40.8 Å². The number of nitrogen functional groups attached to an aromatic ring is 1. The Kier molecular flexibility index (Phi) is 8.70. The van der Waals surface area contributed by atoms with Crippen LogP contribution in [-0.4, -0.2) is 78.1 Å². The molecule has 0 radical (unpaired) electrons. The quantitative estimate of drug-likeness (QED) is 0.0943. The van der Waals surface area contributed by atoms with Crippen LogP contribution in [0.1, 0.15) is 26.5 Å². The molecular weight excluding hydrogens is 581 g/mol. The number of carboxylic acids is 2. The van der Waals surface area contributed by atoms with Gasteiger partial charge in [-0.25, -0.2) is 19.1 Å². The van der Waals surface area contributed by atoms with Crippen LogP contribution in [0.3, 0.4) is 0 Å². The van der Waals surface area contributed by atoms with Crippen molar-refractivity contribution in [2.45, 2.75) is 49.2 Å². The molecule has 4 rings (SSSR count). The van der Waals surface area contributed by atoms with Crippen LogP contribution in [-0.2, 0) is 30.6 Å². The Balaban J connectivity index is 1.53. The van der Waals surface area contributed by atoms with E-state index in [1.165, 1.54) is 35.9 Å². The molecule has 2 unspecified atom stereocenters. The number of aliphatic carboxylic acids is 2. The van der Waals surface area contributed by atoms with E-state index in [2.05, 4.69) is 22.4 Å². The van der Waals surface area contributed by atoms with Crippen molar-refractivity contribution in [2.24, 2.45) is 5.16 Å². The molecule has 1 fully saturated rings. The van der Waals surface area contributed by atoms with E-state index in [0.717, 1.165) is 22.0 Å². The van der Waals surface area contributed by atoms with Gasteiger partial charge < -0.3 is 26.1 Å². The molecule has 13 nitrogen and oxygen atoms in total. The lowest BCUT2D eigenvalue weighted by molar-refractivity contribution is -0.689. The van der Waals surface area contributed by atoms with Gasteiger partial charge in [-0.05, 0) is 19.6 Å². The van der Waals surface area contributed by atoms with Gasteiger partial charge in [-0.15, -0.1) is 34.9 Å². The van der Waals surface area contributed by atoms with E-state index in [-0.39, 0.29) is 28.8 Å². The van der Waals surface area contributed by atoms with Crippen molar-refractivity contribution in [1.82, 2.24) is 15.2 Å². The number of hydrogen-bond donors (Lipinski definition) is 4. The summed E-state index contributed by atoms with van der Waals surface area (Å²) in [4.78, 5) is 61.4. The zero-order valence-electron chi connectivity index (χ0n) is 21.7. The number of aromatic nitrogens is 2. The number of nitrogens with one attached hydrogen (secondary N) is 1. The summed E-state index contributed by atoms with van der Waals surface area (Å²) < 4.78 is 1.85. The molecule has 2 aliphatic rings. The van der Waals surface area contributed by atoms with Gasteiger partial charge in [0.05, 0.1) is 0 Å². The number of fused-ring (bicyclic) bond motifs is 1. The fraction of sp³-hybridized carbons (Fsp3) is 0.375.